The van der Waals surface area contributed by atoms with Crippen molar-refractivity contribution in [2.24, 2.45) is 0 Å². The van der Waals surface area contributed by atoms with E-state index in [9.17, 15) is 0 Å². The van der Waals surface area contributed by atoms with Crippen molar-refractivity contribution >= 4 is 22.6 Å². The minimum atomic E-state index is 0.274. The molecule has 1 saturated carbocycles. The molecule has 1 aliphatic carbocycles. The molecule has 0 aromatic carbocycles. The van der Waals surface area contributed by atoms with Gasteiger partial charge in [0.05, 0.1) is 18.3 Å². The Hall–Kier alpha value is 0.650. The lowest BCUT2D eigenvalue weighted by atomic mass is 10.2. The lowest BCUT2D eigenvalue weighted by molar-refractivity contribution is 0.0334. The summed E-state index contributed by atoms with van der Waals surface area (Å²) in [6, 6.07) is 0. The first-order valence-corrected chi connectivity index (χ1v) is 5.38. The molecular weight excluding hydrogens is 255 g/mol. The number of rotatable bonds is 2. The van der Waals surface area contributed by atoms with E-state index in [0.717, 1.165) is 13.0 Å². The lowest BCUT2D eigenvalue weighted by Crippen LogP contribution is -2.16. The first-order valence-electron chi connectivity index (χ1n) is 4.14. The van der Waals surface area contributed by atoms with E-state index in [1.807, 2.05) is 0 Å². The summed E-state index contributed by atoms with van der Waals surface area (Å²) in [7, 11) is 0. The Morgan fingerprint density at radius 3 is 2.82 bits per heavy atom. The van der Waals surface area contributed by atoms with Gasteiger partial charge in [-0.25, -0.2) is 0 Å². The zero-order valence-corrected chi connectivity index (χ0v) is 8.84. The summed E-state index contributed by atoms with van der Waals surface area (Å²) in [6.07, 6.45) is 4.00. The van der Waals surface area contributed by atoms with E-state index < -0.39 is 0 Å². The van der Waals surface area contributed by atoms with Gasteiger partial charge in [0.15, 0.2) is 0 Å². The van der Waals surface area contributed by atoms with E-state index >= 15 is 0 Å². The van der Waals surface area contributed by atoms with E-state index in [1.165, 1.54) is 12.8 Å². The average Bonchev–Trinajstić information content (AvgIpc) is 2.51. The summed E-state index contributed by atoms with van der Waals surface area (Å²) < 4.78 is 11.6. The molecule has 2 aliphatic rings. The van der Waals surface area contributed by atoms with Crippen LogP contribution in [0.5, 0.6) is 0 Å². The van der Waals surface area contributed by atoms with Crippen molar-refractivity contribution in [3.05, 3.63) is 0 Å². The van der Waals surface area contributed by atoms with Crippen LogP contribution in [-0.2, 0) is 9.47 Å². The highest BCUT2D eigenvalue weighted by atomic mass is 127. The van der Waals surface area contributed by atoms with Gasteiger partial charge in [-0.05, 0) is 19.8 Å². The summed E-state index contributed by atoms with van der Waals surface area (Å²) in [5, 5.41) is 0. The number of hydrogen-bond donors (Lipinski definition) is 0. The normalized spacial score (nSPS) is 36.0. The van der Waals surface area contributed by atoms with Crippen molar-refractivity contribution < 1.29 is 9.47 Å². The van der Waals surface area contributed by atoms with Crippen molar-refractivity contribution in [3.8, 4) is 0 Å². The molecule has 0 aromatic rings. The molecule has 2 unspecified atom stereocenters. The highest BCUT2D eigenvalue weighted by molar-refractivity contribution is 14.1. The van der Waals surface area contributed by atoms with Crippen LogP contribution >= 0.6 is 22.6 Å². The maximum absolute atomic E-state index is 5.65. The van der Waals surface area contributed by atoms with E-state index in [2.05, 4.69) is 29.5 Å². The number of ether oxygens (including phenoxy) is 2. The second-order valence-electron chi connectivity index (χ2n) is 3.50. The molecule has 64 valence electrons. The van der Waals surface area contributed by atoms with Crippen LogP contribution in [0.2, 0.25) is 0 Å². The minimum Gasteiger partial charge on any atom is -0.372 e. The number of alkyl halides is 1. The zero-order chi connectivity index (χ0) is 7.90. The second kappa shape index (κ2) is 2.85. The Kier molecular flexibility index (Phi) is 2.14. The number of hydrogen-bond acceptors (Lipinski definition) is 2. The fourth-order valence-electron chi connectivity index (χ4n) is 1.64. The SMILES string of the molecule is CC(I)OC1COC2(CC2)C1. The van der Waals surface area contributed by atoms with Gasteiger partial charge in [0, 0.05) is 6.42 Å². The van der Waals surface area contributed by atoms with Gasteiger partial charge >= 0.3 is 0 Å². The van der Waals surface area contributed by atoms with Gasteiger partial charge in [-0.15, -0.1) is 0 Å². The Morgan fingerprint density at radius 2 is 2.36 bits per heavy atom. The van der Waals surface area contributed by atoms with Crippen molar-refractivity contribution in [3.63, 3.8) is 0 Å². The van der Waals surface area contributed by atoms with Crippen LogP contribution in [0.1, 0.15) is 26.2 Å². The smallest absolute Gasteiger partial charge is 0.106 e. The molecule has 2 fully saturated rings. The second-order valence-corrected chi connectivity index (χ2v) is 5.25. The molecular formula is C8H13IO2. The molecule has 1 heterocycles. The fraction of sp³-hybridized carbons (Fsp3) is 1.00. The third-order valence-corrected chi connectivity index (χ3v) is 2.66. The summed E-state index contributed by atoms with van der Waals surface area (Å²) in [5.74, 6) is 0. The Bertz CT molecular complexity index is 154. The van der Waals surface area contributed by atoms with Gasteiger partial charge in [0.2, 0.25) is 0 Å². The van der Waals surface area contributed by atoms with Crippen molar-refractivity contribution in [1.29, 1.82) is 0 Å². The van der Waals surface area contributed by atoms with Crippen molar-refractivity contribution in [2.75, 3.05) is 6.61 Å². The third kappa shape index (κ3) is 1.87. The van der Waals surface area contributed by atoms with Crippen LogP contribution in [0.25, 0.3) is 0 Å². The quantitative estimate of drug-likeness (QED) is 0.564. The molecule has 3 heteroatoms. The highest BCUT2D eigenvalue weighted by Gasteiger charge is 2.50. The Balaban J connectivity index is 1.80. The summed E-state index contributed by atoms with van der Waals surface area (Å²) >= 11 is 2.29. The molecule has 0 radical (unpaired) electrons. The maximum atomic E-state index is 5.65. The Labute approximate surface area is 80.8 Å². The lowest BCUT2D eigenvalue weighted by Gasteiger charge is -2.11. The highest BCUT2D eigenvalue weighted by Crippen LogP contribution is 2.48. The first-order chi connectivity index (χ1) is 5.20. The fourth-order valence-corrected chi connectivity index (χ4v) is 2.06. The summed E-state index contributed by atoms with van der Waals surface area (Å²) in [5.41, 5.74) is 0.274. The molecule has 2 nitrogen and oxygen atoms in total. The van der Waals surface area contributed by atoms with Crippen LogP contribution in [0.15, 0.2) is 0 Å². The Morgan fingerprint density at radius 1 is 1.64 bits per heavy atom. The molecule has 0 aromatic heterocycles. The van der Waals surface area contributed by atoms with Crippen LogP contribution < -0.4 is 0 Å². The maximum Gasteiger partial charge on any atom is 0.106 e. The summed E-state index contributed by atoms with van der Waals surface area (Å²) in [6.45, 7) is 2.88. The standard InChI is InChI=1S/C8H13IO2/c1-6(9)11-7-4-8(2-3-8)10-5-7/h6-7H,2-5H2,1H3. The van der Waals surface area contributed by atoms with Crippen LogP contribution in [0, 0.1) is 0 Å². The molecule has 1 aliphatic heterocycles. The molecule has 0 amide bonds. The topological polar surface area (TPSA) is 18.5 Å². The van der Waals surface area contributed by atoms with E-state index in [4.69, 9.17) is 9.47 Å². The average molecular weight is 268 g/mol. The van der Waals surface area contributed by atoms with E-state index in [1.54, 1.807) is 0 Å². The van der Waals surface area contributed by atoms with Gasteiger partial charge in [0.1, 0.15) is 4.11 Å². The molecule has 2 atom stereocenters. The van der Waals surface area contributed by atoms with Gasteiger partial charge in [0.25, 0.3) is 0 Å². The predicted molar refractivity (Wildman–Crippen MR) is 50.9 cm³/mol. The largest absolute Gasteiger partial charge is 0.372 e. The van der Waals surface area contributed by atoms with Gasteiger partial charge in [-0.1, -0.05) is 22.6 Å². The molecule has 1 spiro atoms. The van der Waals surface area contributed by atoms with Crippen LogP contribution in [0.4, 0.5) is 0 Å². The van der Waals surface area contributed by atoms with Gasteiger partial charge < -0.3 is 9.47 Å². The van der Waals surface area contributed by atoms with E-state index in [0.29, 0.717) is 10.2 Å². The summed E-state index contributed by atoms with van der Waals surface area (Å²) in [4.78, 5) is 0. The molecule has 0 bridgehead atoms. The van der Waals surface area contributed by atoms with Gasteiger partial charge in [-0.2, -0.15) is 0 Å². The number of halogens is 1. The molecule has 11 heavy (non-hydrogen) atoms. The predicted octanol–water partition coefficient (Wildman–Crippen LogP) is 2.11. The van der Waals surface area contributed by atoms with Crippen LogP contribution in [0.3, 0.4) is 0 Å². The van der Waals surface area contributed by atoms with Crippen LogP contribution in [-0.4, -0.2) is 22.4 Å². The molecule has 1 saturated heterocycles. The molecule has 0 N–H and O–H groups in total. The molecule has 2 rings (SSSR count). The van der Waals surface area contributed by atoms with Crippen molar-refractivity contribution in [1.82, 2.24) is 0 Å². The van der Waals surface area contributed by atoms with Gasteiger partial charge in [-0.3, -0.25) is 0 Å². The monoisotopic (exact) mass is 268 g/mol. The first kappa shape index (κ1) is 8.26. The third-order valence-electron chi connectivity index (χ3n) is 2.36. The van der Waals surface area contributed by atoms with E-state index in [-0.39, 0.29) is 5.60 Å². The minimum absolute atomic E-state index is 0.274. The van der Waals surface area contributed by atoms with Crippen molar-refractivity contribution in [2.45, 2.75) is 42.0 Å². The zero-order valence-electron chi connectivity index (χ0n) is 6.68.